The number of rotatable bonds is 1. The van der Waals surface area contributed by atoms with E-state index >= 15 is 0 Å². The van der Waals surface area contributed by atoms with Gasteiger partial charge < -0.3 is 9.47 Å². The molecule has 0 saturated carbocycles. The number of piperidine rings is 2. The molecule has 0 radical (unpaired) electrons. The highest BCUT2D eigenvalue weighted by atomic mass is 16.5. The number of likely N-dealkylation sites (tertiary alicyclic amines) is 2. The van der Waals surface area contributed by atoms with Crippen LogP contribution in [0.4, 0.5) is 0 Å². The molecule has 0 unspecified atom stereocenters. The van der Waals surface area contributed by atoms with Gasteiger partial charge in [0.05, 0.1) is 19.3 Å². The van der Waals surface area contributed by atoms with Crippen molar-refractivity contribution in [3.05, 3.63) is 42.2 Å². The van der Waals surface area contributed by atoms with Crippen molar-refractivity contribution in [2.45, 2.75) is 137 Å². The summed E-state index contributed by atoms with van der Waals surface area (Å²) in [6, 6.07) is 4.11. The lowest BCUT2D eigenvalue weighted by Gasteiger charge is -2.40. The van der Waals surface area contributed by atoms with Crippen molar-refractivity contribution in [1.29, 1.82) is 0 Å². The van der Waals surface area contributed by atoms with Gasteiger partial charge in [0.15, 0.2) is 0 Å². The lowest BCUT2D eigenvalue weighted by molar-refractivity contribution is -0.00389. The minimum atomic E-state index is 0.253. The number of hydrogen-bond acceptors (Lipinski definition) is 6. The maximum absolute atomic E-state index is 5.33. The molecule has 0 N–H and O–H groups in total. The van der Waals surface area contributed by atoms with Crippen molar-refractivity contribution in [3.63, 3.8) is 0 Å². The minimum absolute atomic E-state index is 0.253. The highest BCUT2D eigenvalue weighted by Crippen LogP contribution is 2.23. The van der Waals surface area contributed by atoms with Crippen LogP contribution in [0.5, 0.6) is 0 Å². The molecule has 0 atom stereocenters. The average Bonchev–Trinajstić information content (AvgIpc) is 2.93. The van der Waals surface area contributed by atoms with Gasteiger partial charge in [-0.2, -0.15) is 0 Å². The minimum Gasteiger partial charge on any atom is -0.381 e. The van der Waals surface area contributed by atoms with Crippen LogP contribution in [0, 0.1) is 0 Å². The lowest BCUT2D eigenvalue weighted by Crippen LogP contribution is -2.47. The monoisotopic (exact) mass is 603 g/mol. The van der Waals surface area contributed by atoms with Crippen LogP contribution < -0.4 is 0 Å². The molecule has 0 bridgehead atoms. The summed E-state index contributed by atoms with van der Waals surface area (Å²) >= 11 is 0. The molecule has 1 aromatic heterocycles. The SMILES string of the molecule is C=C1CCCN(C(C)(C)C)C1.CC(C)(C)N1CCOCC1.CC(C)(C)c1ccncc1.COC1CCN(C(C)(C)C)CC1. The van der Waals surface area contributed by atoms with Gasteiger partial charge in [0, 0.05) is 68.8 Å². The zero-order valence-corrected chi connectivity index (χ0v) is 30.7. The standard InChI is InChI=1S/C10H21NO.C10H19N.C9H13N.C8H17NO/c1-10(2,3)11-7-5-9(12-4)6-8-11;1-9-6-5-7-11(8-9)10(2,3)4;1-9(2,3)8-4-6-10-7-5-8;1-8(2,3)9-4-6-10-7-5-9/h9H,5-8H2,1-4H3;1,5-8H2,2-4H3;4-7H,1-3H3;4-7H2,1-3H3. The predicted octanol–water partition coefficient (Wildman–Crippen LogP) is 7.83. The van der Waals surface area contributed by atoms with Gasteiger partial charge in [-0.05, 0) is 118 Å². The van der Waals surface area contributed by atoms with E-state index in [2.05, 4.69) is 121 Å². The number of aromatic nitrogens is 1. The molecule has 3 fully saturated rings. The smallest absolute Gasteiger partial charge is 0.0595 e. The third-order valence-corrected chi connectivity index (χ3v) is 8.55. The molecule has 3 aliphatic heterocycles. The quantitative estimate of drug-likeness (QED) is 0.305. The first kappa shape index (κ1) is 39.7. The molecule has 6 nitrogen and oxygen atoms in total. The molecule has 6 heteroatoms. The fourth-order valence-electron chi connectivity index (χ4n) is 5.37. The highest BCUT2D eigenvalue weighted by Gasteiger charge is 2.27. The molecule has 1 aromatic rings. The van der Waals surface area contributed by atoms with Crippen molar-refractivity contribution in [2.24, 2.45) is 0 Å². The summed E-state index contributed by atoms with van der Waals surface area (Å²) in [7, 11) is 1.82. The van der Waals surface area contributed by atoms with E-state index in [1.54, 1.807) is 0 Å². The van der Waals surface area contributed by atoms with E-state index in [1.165, 1.54) is 56.5 Å². The summed E-state index contributed by atoms with van der Waals surface area (Å²) in [5.41, 5.74) is 3.96. The van der Waals surface area contributed by atoms with E-state index in [4.69, 9.17) is 9.47 Å². The summed E-state index contributed by atoms with van der Waals surface area (Å²) in [4.78, 5) is 11.4. The van der Waals surface area contributed by atoms with Gasteiger partial charge in [0.2, 0.25) is 0 Å². The van der Waals surface area contributed by atoms with Gasteiger partial charge in [-0.15, -0.1) is 0 Å². The van der Waals surface area contributed by atoms with Crippen molar-refractivity contribution < 1.29 is 9.47 Å². The molecule has 0 spiro atoms. The van der Waals surface area contributed by atoms with Crippen molar-refractivity contribution in [2.75, 3.05) is 59.6 Å². The van der Waals surface area contributed by atoms with Crippen LogP contribution in [0.15, 0.2) is 36.7 Å². The number of morpholine rings is 1. The topological polar surface area (TPSA) is 41.1 Å². The third-order valence-electron chi connectivity index (χ3n) is 8.55. The zero-order chi connectivity index (χ0) is 32.9. The second-order valence-electron chi connectivity index (χ2n) is 16.3. The van der Waals surface area contributed by atoms with Crippen LogP contribution in [0.3, 0.4) is 0 Å². The molecular weight excluding hydrogens is 532 g/mol. The second-order valence-corrected chi connectivity index (χ2v) is 16.3. The number of methoxy groups -OCH3 is 1. The fraction of sp³-hybridized carbons (Fsp3) is 0.811. The Morgan fingerprint density at radius 1 is 0.721 bits per heavy atom. The molecule has 43 heavy (non-hydrogen) atoms. The molecular formula is C37H70N4O2. The number of pyridine rings is 1. The number of nitrogens with zero attached hydrogens (tertiary/aromatic N) is 4. The molecule has 0 amide bonds. The Bertz CT molecular complexity index is 876. The molecule has 250 valence electrons. The predicted molar refractivity (Wildman–Crippen MR) is 186 cm³/mol. The first-order chi connectivity index (χ1) is 19.7. The molecule has 0 aromatic carbocycles. The van der Waals surface area contributed by atoms with E-state index in [0.29, 0.717) is 22.7 Å². The van der Waals surface area contributed by atoms with E-state index in [-0.39, 0.29) is 5.41 Å². The first-order valence-corrected chi connectivity index (χ1v) is 16.7. The Balaban J connectivity index is 0.000000287. The van der Waals surface area contributed by atoms with Gasteiger partial charge in [0.25, 0.3) is 0 Å². The largest absolute Gasteiger partial charge is 0.381 e. The van der Waals surface area contributed by atoms with E-state index in [0.717, 1.165) is 32.8 Å². The van der Waals surface area contributed by atoms with Crippen LogP contribution in [0.2, 0.25) is 0 Å². The molecule has 4 heterocycles. The van der Waals surface area contributed by atoms with Crippen LogP contribution >= 0.6 is 0 Å². The van der Waals surface area contributed by atoms with E-state index in [9.17, 15) is 0 Å². The maximum Gasteiger partial charge on any atom is 0.0595 e. The lowest BCUT2D eigenvalue weighted by atomic mass is 9.88. The van der Waals surface area contributed by atoms with Crippen LogP contribution in [-0.4, -0.2) is 102 Å². The molecule has 3 aliphatic rings. The summed E-state index contributed by atoms with van der Waals surface area (Å²) in [5.74, 6) is 0. The van der Waals surface area contributed by atoms with Gasteiger partial charge in [0.1, 0.15) is 0 Å². The third kappa shape index (κ3) is 16.5. The summed E-state index contributed by atoms with van der Waals surface area (Å²) < 4.78 is 10.6. The number of hydrogen-bond donors (Lipinski definition) is 0. The molecule has 4 rings (SSSR count). The second kappa shape index (κ2) is 18.0. The Hall–Kier alpha value is -1.31. The van der Waals surface area contributed by atoms with Gasteiger partial charge in [-0.1, -0.05) is 32.9 Å². The van der Waals surface area contributed by atoms with Gasteiger partial charge in [-0.25, -0.2) is 0 Å². The Morgan fingerprint density at radius 2 is 1.19 bits per heavy atom. The van der Waals surface area contributed by atoms with Crippen LogP contribution in [0.1, 0.15) is 114 Å². The number of ether oxygens (including phenoxy) is 2. The zero-order valence-electron chi connectivity index (χ0n) is 30.7. The van der Waals surface area contributed by atoms with Crippen LogP contribution in [0.25, 0.3) is 0 Å². The van der Waals surface area contributed by atoms with E-state index < -0.39 is 0 Å². The van der Waals surface area contributed by atoms with Gasteiger partial charge >= 0.3 is 0 Å². The Morgan fingerprint density at radius 3 is 1.51 bits per heavy atom. The Labute approximate surface area is 267 Å². The Kier molecular flexibility index (Phi) is 16.6. The molecule has 3 saturated heterocycles. The molecule has 0 aliphatic carbocycles. The maximum atomic E-state index is 5.33. The summed E-state index contributed by atoms with van der Waals surface area (Å²) in [6.45, 7) is 39.7. The van der Waals surface area contributed by atoms with Crippen molar-refractivity contribution in [3.8, 4) is 0 Å². The van der Waals surface area contributed by atoms with E-state index in [1.807, 2.05) is 19.5 Å². The normalized spacial score (nSPS) is 20.2. The summed E-state index contributed by atoms with van der Waals surface area (Å²) in [6.07, 6.45) is 9.06. The summed E-state index contributed by atoms with van der Waals surface area (Å²) in [5, 5.41) is 0. The van der Waals surface area contributed by atoms with Crippen molar-refractivity contribution in [1.82, 2.24) is 19.7 Å². The van der Waals surface area contributed by atoms with Crippen LogP contribution in [-0.2, 0) is 14.9 Å². The fourth-order valence-corrected chi connectivity index (χ4v) is 5.37. The average molecular weight is 603 g/mol. The first-order valence-electron chi connectivity index (χ1n) is 16.7. The highest BCUT2D eigenvalue weighted by molar-refractivity contribution is 5.18. The van der Waals surface area contributed by atoms with Crippen molar-refractivity contribution >= 4 is 0 Å². The van der Waals surface area contributed by atoms with Gasteiger partial charge in [-0.3, -0.25) is 19.7 Å².